The van der Waals surface area contributed by atoms with E-state index in [9.17, 15) is 0 Å². The minimum Gasteiger partial charge on any atom is -0.496 e. The molecule has 2 rings (SSSR count). The summed E-state index contributed by atoms with van der Waals surface area (Å²) in [7, 11) is 3.57. The van der Waals surface area contributed by atoms with Gasteiger partial charge in [0, 0.05) is 7.05 Å². The summed E-state index contributed by atoms with van der Waals surface area (Å²) in [6, 6.07) is 7.88. The molecule has 1 heterocycles. The molecule has 0 saturated carbocycles. The van der Waals surface area contributed by atoms with Gasteiger partial charge in [0.2, 0.25) is 0 Å². The van der Waals surface area contributed by atoms with E-state index in [1.54, 1.807) is 13.3 Å². The van der Waals surface area contributed by atoms with E-state index < -0.39 is 0 Å². The minimum absolute atomic E-state index is 0.0434. The van der Waals surface area contributed by atoms with Gasteiger partial charge in [-0.1, -0.05) is 18.2 Å². The standard InChI is InChI=1S/C13H17BrN4O/c1-18-13(10(14)8-16-18)11(17-15)7-9-5-3-4-6-12(9)19-2/h3-6,8,11,17H,7,15H2,1-2H3. The van der Waals surface area contributed by atoms with Gasteiger partial charge < -0.3 is 4.74 Å². The second-order valence-electron chi connectivity index (χ2n) is 4.24. The highest BCUT2D eigenvalue weighted by Gasteiger charge is 2.19. The van der Waals surface area contributed by atoms with E-state index in [1.807, 2.05) is 36.0 Å². The zero-order valence-electron chi connectivity index (χ0n) is 10.9. The zero-order chi connectivity index (χ0) is 13.8. The van der Waals surface area contributed by atoms with Crippen molar-refractivity contribution in [3.8, 4) is 5.75 Å². The summed E-state index contributed by atoms with van der Waals surface area (Å²) in [4.78, 5) is 0. The fourth-order valence-electron chi connectivity index (χ4n) is 2.14. The van der Waals surface area contributed by atoms with E-state index in [0.717, 1.165) is 27.9 Å². The molecular weight excluding hydrogens is 308 g/mol. The van der Waals surface area contributed by atoms with Gasteiger partial charge in [0.15, 0.2) is 0 Å². The number of nitrogens with one attached hydrogen (secondary N) is 1. The maximum atomic E-state index is 5.69. The predicted molar refractivity (Wildman–Crippen MR) is 77.7 cm³/mol. The van der Waals surface area contributed by atoms with Gasteiger partial charge in [0.25, 0.3) is 0 Å². The summed E-state index contributed by atoms with van der Waals surface area (Å²) in [6.45, 7) is 0. The molecule has 102 valence electrons. The summed E-state index contributed by atoms with van der Waals surface area (Å²) < 4.78 is 8.11. The highest BCUT2D eigenvalue weighted by Crippen LogP contribution is 2.28. The molecule has 6 heteroatoms. The van der Waals surface area contributed by atoms with Crippen molar-refractivity contribution in [3.05, 3.63) is 46.2 Å². The first-order chi connectivity index (χ1) is 9.17. The third kappa shape index (κ3) is 2.97. The molecule has 0 saturated heterocycles. The lowest BCUT2D eigenvalue weighted by atomic mass is 10.0. The third-order valence-electron chi connectivity index (χ3n) is 3.09. The molecule has 0 radical (unpaired) electrons. The van der Waals surface area contributed by atoms with Crippen LogP contribution in [0.4, 0.5) is 0 Å². The Balaban J connectivity index is 2.29. The maximum absolute atomic E-state index is 5.69. The van der Waals surface area contributed by atoms with Crippen LogP contribution in [0.25, 0.3) is 0 Å². The summed E-state index contributed by atoms with van der Waals surface area (Å²) in [5.41, 5.74) is 4.95. The molecule has 0 aliphatic carbocycles. The molecule has 5 nitrogen and oxygen atoms in total. The topological polar surface area (TPSA) is 65.1 Å². The second kappa shape index (κ2) is 6.18. The molecule has 1 unspecified atom stereocenters. The highest BCUT2D eigenvalue weighted by atomic mass is 79.9. The minimum atomic E-state index is -0.0434. The first-order valence-electron chi connectivity index (χ1n) is 5.92. The van der Waals surface area contributed by atoms with Gasteiger partial charge in [-0.2, -0.15) is 5.10 Å². The Kier molecular flexibility index (Phi) is 4.57. The van der Waals surface area contributed by atoms with Crippen LogP contribution in [0.5, 0.6) is 5.75 Å². The second-order valence-corrected chi connectivity index (χ2v) is 5.09. The number of para-hydroxylation sites is 1. The normalized spacial score (nSPS) is 12.4. The van der Waals surface area contributed by atoms with Crippen molar-refractivity contribution < 1.29 is 4.74 Å². The van der Waals surface area contributed by atoms with Gasteiger partial charge in [0.1, 0.15) is 5.75 Å². The molecule has 2 aromatic rings. The van der Waals surface area contributed by atoms with E-state index in [0.29, 0.717) is 0 Å². The van der Waals surface area contributed by atoms with E-state index >= 15 is 0 Å². The Bertz CT molecular complexity index is 536. The molecule has 0 spiro atoms. The van der Waals surface area contributed by atoms with Gasteiger partial charge in [-0.25, -0.2) is 0 Å². The number of hydrazine groups is 1. The number of aryl methyl sites for hydroxylation is 1. The summed E-state index contributed by atoms with van der Waals surface area (Å²) in [5.74, 6) is 6.55. The van der Waals surface area contributed by atoms with Crippen molar-refractivity contribution in [1.29, 1.82) is 0 Å². The molecule has 0 aliphatic heterocycles. The number of nitrogens with two attached hydrogens (primary N) is 1. The van der Waals surface area contributed by atoms with Crippen molar-refractivity contribution in [2.75, 3.05) is 7.11 Å². The Morgan fingerprint density at radius 3 is 2.79 bits per heavy atom. The Hall–Kier alpha value is -1.37. The number of nitrogens with zero attached hydrogens (tertiary/aromatic N) is 2. The van der Waals surface area contributed by atoms with Crippen LogP contribution in [0.3, 0.4) is 0 Å². The van der Waals surface area contributed by atoms with Crippen LogP contribution in [-0.4, -0.2) is 16.9 Å². The number of halogens is 1. The predicted octanol–water partition coefficient (Wildman–Crippen LogP) is 1.94. The number of benzene rings is 1. The molecule has 0 bridgehead atoms. The molecule has 0 fully saturated rings. The van der Waals surface area contributed by atoms with Gasteiger partial charge in [-0.05, 0) is 34.0 Å². The van der Waals surface area contributed by atoms with E-state index in [-0.39, 0.29) is 6.04 Å². The number of methoxy groups -OCH3 is 1. The van der Waals surface area contributed by atoms with Gasteiger partial charge in [-0.3, -0.25) is 16.0 Å². The lowest BCUT2D eigenvalue weighted by Gasteiger charge is -2.18. The van der Waals surface area contributed by atoms with Crippen LogP contribution < -0.4 is 16.0 Å². The van der Waals surface area contributed by atoms with E-state index in [1.165, 1.54) is 0 Å². The Morgan fingerprint density at radius 2 is 2.21 bits per heavy atom. The quantitative estimate of drug-likeness (QED) is 0.651. The number of rotatable bonds is 5. The van der Waals surface area contributed by atoms with Gasteiger partial charge in [0.05, 0.1) is 29.5 Å². The largest absolute Gasteiger partial charge is 0.496 e. The zero-order valence-corrected chi connectivity index (χ0v) is 12.5. The summed E-state index contributed by atoms with van der Waals surface area (Å²) in [6.07, 6.45) is 2.49. The molecule has 0 aliphatic rings. The molecule has 1 atom stereocenters. The van der Waals surface area contributed by atoms with Crippen molar-refractivity contribution in [3.63, 3.8) is 0 Å². The monoisotopic (exact) mass is 324 g/mol. The lowest BCUT2D eigenvalue weighted by molar-refractivity contribution is 0.404. The van der Waals surface area contributed by atoms with Crippen molar-refractivity contribution >= 4 is 15.9 Å². The van der Waals surface area contributed by atoms with Crippen LogP contribution in [0, 0.1) is 0 Å². The van der Waals surface area contributed by atoms with Gasteiger partial charge >= 0.3 is 0 Å². The highest BCUT2D eigenvalue weighted by molar-refractivity contribution is 9.10. The molecule has 0 amide bonds. The van der Waals surface area contributed by atoms with Gasteiger partial charge in [-0.15, -0.1) is 0 Å². The van der Waals surface area contributed by atoms with Crippen molar-refractivity contribution in [1.82, 2.24) is 15.2 Å². The van der Waals surface area contributed by atoms with Crippen LogP contribution >= 0.6 is 15.9 Å². The number of hydrogen-bond donors (Lipinski definition) is 2. The molecule has 19 heavy (non-hydrogen) atoms. The molecular formula is C13H17BrN4O. The first-order valence-corrected chi connectivity index (χ1v) is 6.72. The number of hydrogen-bond acceptors (Lipinski definition) is 4. The van der Waals surface area contributed by atoms with Crippen LogP contribution in [0.1, 0.15) is 17.3 Å². The van der Waals surface area contributed by atoms with Crippen LogP contribution in [-0.2, 0) is 13.5 Å². The van der Waals surface area contributed by atoms with E-state index in [4.69, 9.17) is 10.6 Å². The van der Waals surface area contributed by atoms with Crippen LogP contribution in [0.2, 0.25) is 0 Å². The van der Waals surface area contributed by atoms with Crippen molar-refractivity contribution in [2.24, 2.45) is 12.9 Å². The third-order valence-corrected chi connectivity index (χ3v) is 3.70. The Morgan fingerprint density at radius 1 is 1.47 bits per heavy atom. The first kappa shape index (κ1) is 14.0. The number of ether oxygens (including phenoxy) is 1. The molecule has 1 aromatic carbocycles. The van der Waals surface area contributed by atoms with Crippen LogP contribution in [0.15, 0.2) is 34.9 Å². The Labute approximate surface area is 120 Å². The average molecular weight is 325 g/mol. The fraction of sp³-hybridized carbons (Fsp3) is 0.308. The summed E-state index contributed by atoms with van der Waals surface area (Å²) >= 11 is 3.50. The molecule has 1 aromatic heterocycles. The molecule has 3 N–H and O–H groups in total. The maximum Gasteiger partial charge on any atom is 0.122 e. The number of aromatic nitrogens is 2. The lowest BCUT2D eigenvalue weighted by Crippen LogP contribution is -2.31. The average Bonchev–Trinajstić information content (AvgIpc) is 2.76. The summed E-state index contributed by atoms with van der Waals surface area (Å²) in [5, 5.41) is 4.21. The smallest absolute Gasteiger partial charge is 0.122 e. The fourth-order valence-corrected chi connectivity index (χ4v) is 2.76. The van der Waals surface area contributed by atoms with E-state index in [2.05, 4.69) is 26.5 Å². The van der Waals surface area contributed by atoms with Crippen molar-refractivity contribution in [2.45, 2.75) is 12.5 Å². The SMILES string of the molecule is COc1ccccc1CC(NN)c1c(Br)cnn1C.